The molecular weight excluding hydrogens is 280 g/mol. The maximum absolute atomic E-state index is 4.21. The van der Waals surface area contributed by atoms with Crippen molar-refractivity contribution in [2.75, 3.05) is 18.9 Å². The van der Waals surface area contributed by atoms with Crippen molar-refractivity contribution < 1.29 is 0 Å². The molecule has 4 nitrogen and oxygen atoms in total. The molecule has 5 heteroatoms. The van der Waals surface area contributed by atoms with Gasteiger partial charge in [-0.3, -0.25) is 0 Å². The van der Waals surface area contributed by atoms with Crippen LogP contribution in [0.15, 0.2) is 30.3 Å². The number of rotatable bonds is 7. The SMILES string of the molecule is CC(CN(C)Cc1ccccc1)Nc1nnc(C(C)C)s1. The summed E-state index contributed by atoms with van der Waals surface area (Å²) in [5.41, 5.74) is 1.34. The lowest BCUT2D eigenvalue weighted by molar-refractivity contribution is 0.316. The Morgan fingerprint density at radius 1 is 1.14 bits per heavy atom. The minimum atomic E-state index is 0.340. The van der Waals surface area contributed by atoms with Crippen LogP contribution in [-0.2, 0) is 6.54 Å². The summed E-state index contributed by atoms with van der Waals surface area (Å²) < 4.78 is 0. The molecule has 0 spiro atoms. The highest BCUT2D eigenvalue weighted by molar-refractivity contribution is 7.15. The summed E-state index contributed by atoms with van der Waals surface area (Å²) in [5.74, 6) is 0.439. The molecule has 0 amide bonds. The van der Waals surface area contributed by atoms with Gasteiger partial charge < -0.3 is 10.2 Å². The molecule has 0 bridgehead atoms. The van der Waals surface area contributed by atoms with Crippen LogP contribution < -0.4 is 5.32 Å². The van der Waals surface area contributed by atoms with E-state index in [1.54, 1.807) is 11.3 Å². The number of benzene rings is 1. The average molecular weight is 304 g/mol. The molecule has 1 aromatic carbocycles. The molecule has 2 rings (SSSR count). The molecule has 114 valence electrons. The van der Waals surface area contributed by atoms with Crippen molar-refractivity contribution in [1.82, 2.24) is 15.1 Å². The Hall–Kier alpha value is -1.46. The van der Waals surface area contributed by atoms with Crippen LogP contribution in [0, 0.1) is 0 Å². The van der Waals surface area contributed by atoms with E-state index in [2.05, 4.69) is 78.6 Å². The van der Waals surface area contributed by atoms with Crippen molar-refractivity contribution in [3.63, 3.8) is 0 Å². The van der Waals surface area contributed by atoms with Gasteiger partial charge in [-0.15, -0.1) is 10.2 Å². The second kappa shape index (κ2) is 7.52. The molecule has 0 aliphatic carbocycles. The van der Waals surface area contributed by atoms with E-state index < -0.39 is 0 Å². The fourth-order valence-electron chi connectivity index (χ4n) is 2.21. The van der Waals surface area contributed by atoms with Gasteiger partial charge in [0.1, 0.15) is 5.01 Å². The molecule has 0 saturated carbocycles. The summed E-state index contributed by atoms with van der Waals surface area (Å²) in [6.45, 7) is 8.38. The fourth-order valence-corrected chi connectivity index (χ4v) is 3.07. The maximum atomic E-state index is 4.21. The molecule has 1 N–H and O–H groups in total. The highest BCUT2D eigenvalue weighted by Crippen LogP contribution is 2.22. The number of hydrogen-bond acceptors (Lipinski definition) is 5. The summed E-state index contributed by atoms with van der Waals surface area (Å²) in [6.07, 6.45) is 0. The topological polar surface area (TPSA) is 41.0 Å². The van der Waals surface area contributed by atoms with Gasteiger partial charge in [0.25, 0.3) is 0 Å². The third-order valence-corrected chi connectivity index (χ3v) is 4.34. The molecule has 1 heterocycles. The van der Waals surface area contributed by atoms with Gasteiger partial charge in [-0.05, 0) is 19.5 Å². The lowest BCUT2D eigenvalue weighted by atomic mass is 10.2. The Labute approximate surface area is 131 Å². The van der Waals surface area contributed by atoms with Crippen LogP contribution in [-0.4, -0.2) is 34.7 Å². The Balaban J connectivity index is 1.81. The van der Waals surface area contributed by atoms with Gasteiger partial charge in [0.2, 0.25) is 5.13 Å². The van der Waals surface area contributed by atoms with Gasteiger partial charge in [0.15, 0.2) is 0 Å². The second-order valence-electron chi connectivity index (χ2n) is 5.83. The van der Waals surface area contributed by atoms with E-state index in [0.29, 0.717) is 12.0 Å². The summed E-state index contributed by atoms with van der Waals surface area (Å²) in [7, 11) is 2.14. The smallest absolute Gasteiger partial charge is 0.205 e. The van der Waals surface area contributed by atoms with Gasteiger partial charge >= 0.3 is 0 Å². The minimum Gasteiger partial charge on any atom is -0.356 e. The number of nitrogens with zero attached hydrogens (tertiary/aromatic N) is 3. The quantitative estimate of drug-likeness (QED) is 0.848. The highest BCUT2D eigenvalue weighted by atomic mass is 32.1. The molecule has 0 aliphatic heterocycles. The first kappa shape index (κ1) is 15.9. The second-order valence-corrected chi connectivity index (χ2v) is 6.84. The Bertz CT molecular complexity index is 538. The zero-order valence-corrected chi connectivity index (χ0v) is 14.0. The average Bonchev–Trinajstić information content (AvgIpc) is 2.88. The van der Waals surface area contributed by atoms with E-state index in [1.807, 2.05) is 0 Å². The van der Waals surface area contributed by atoms with Gasteiger partial charge in [-0.2, -0.15) is 0 Å². The number of likely N-dealkylation sites (N-methyl/N-ethyl adjacent to an activating group) is 1. The molecule has 1 unspecified atom stereocenters. The minimum absolute atomic E-state index is 0.340. The zero-order valence-electron chi connectivity index (χ0n) is 13.2. The molecular formula is C16H24N4S. The lowest BCUT2D eigenvalue weighted by Gasteiger charge is -2.21. The summed E-state index contributed by atoms with van der Waals surface area (Å²) in [6, 6.07) is 10.9. The van der Waals surface area contributed by atoms with Crippen LogP contribution in [0.5, 0.6) is 0 Å². The van der Waals surface area contributed by atoms with E-state index in [4.69, 9.17) is 0 Å². The largest absolute Gasteiger partial charge is 0.356 e. The van der Waals surface area contributed by atoms with E-state index in [1.165, 1.54) is 5.56 Å². The molecule has 0 radical (unpaired) electrons. The first-order valence-corrected chi connectivity index (χ1v) is 8.18. The summed E-state index contributed by atoms with van der Waals surface area (Å²) in [4.78, 5) is 2.32. The predicted molar refractivity (Wildman–Crippen MR) is 89.9 cm³/mol. The predicted octanol–water partition coefficient (Wildman–Crippen LogP) is 3.59. The van der Waals surface area contributed by atoms with E-state index >= 15 is 0 Å². The summed E-state index contributed by atoms with van der Waals surface area (Å²) in [5, 5.41) is 13.9. The monoisotopic (exact) mass is 304 g/mol. The van der Waals surface area contributed by atoms with Gasteiger partial charge in [0, 0.05) is 25.0 Å². The van der Waals surface area contributed by atoms with Crippen molar-refractivity contribution in [3.05, 3.63) is 40.9 Å². The molecule has 1 aromatic heterocycles. The van der Waals surface area contributed by atoms with Crippen molar-refractivity contribution in [1.29, 1.82) is 0 Å². The van der Waals surface area contributed by atoms with Crippen LogP contribution in [0.4, 0.5) is 5.13 Å². The Morgan fingerprint density at radius 2 is 1.86 bits per heavy atom. The van der Waals surface area contributed by atoms with E-state index in [0.717, 1.165) is 23.2 Å². The van der Waals surface area contributed by atoms with Crippen LogP contribution >= 0.6 is 11.3 Å². The Kier molecular flexibility index (Phi) is 5.70. The van der Waals surface area contributed by atoms with Crippen LogP contribution in [0.1, 0.15) is 37.3 Å². The number of anilines is 1. The third-order valence-electron chi connectivity index (χ3n) is 3.19. The van der Waals surface area contributed by atoms with Crippen molar-refractivity contribution in [2.24, 2.45) is 0 Å². The van der Waals surface area contributed by atoms with E-state index in [-0.39, 0.29) is 0 Å². The third kappa shape index (κ3) is 5.10. The standard InChI is InChI=1S/C16H24N4S/c1-12(2)15-18-19-16(21-15)17-13(3)10-20(4)11-14-8-6-5-7-9-14/h5-9,12-13H,10-11H2,1-4H3,(H,17,19). The van der Waals surface area contributed by atoms with Gasteiger partial charge in [0.05, 0.1) is 0 Å². The first-order valence-electron chi connectivity index (χ1n) is 7.37. The first-order chi connectivity index (χ1) is 10.0. The molecule has 0 saturated heterocycles. The molecule has 0 fully saturated rings. The summed E-state index contributed by atoms with van der Waals surface area (Å²) >= 11 is 1.65. The van der Waals surface area contributed by atoms with Gasteiger partial charge in [-0.25, -0.2) is 0 Å². The van der Waals surface area contributed by atoms with Crippen LogP contribution in [0.2, 0.25) is 0 Å². The zero-order chi connectivity index (χ0) is 15.2. The van der Waals surface area contributed by atoms with Crippen molar-refractivity contribution in [3.8, 4) is 0 Å². The van der Waals surface area contributed by atoms with Crippen LogP contribution in [0.3, 0.4) is 0 Å². The Morgan fingerprint density at radius 3 is 2.48 bits per heavy atom. The maximum Gasteiger partial charge on any atom is 0.205 e. The van der Waals surface area contributed by atoms with E-state index in [9.17, 15) is 0 Å². The number of aromatic nitrogens is 2. The lowest BCUT2D eigenvalue weighted by Crippen LogP contribution is -2.31. The normalized spacial score (nSPS) is 12.9. The number of nitrogens with one attached hydrogen (secondary N) is 1. The molecule has 1 atom stereocenters. The molecule has 2 aromatic rings. The van der Waals surface area contributed by atoms with Crippen molar-refractivity contribution >= 4 is 16.5 Å². The van der Waals surface area contributed by atoms with Crippen molar-refractivity contribution in [2.45, 2.75) is 39.3 Å². The number of hydrogen-bond donors (Lipinski definition) is 1. The fraction of sp³-hybridized carbons (Fsp3) is 0.500. The van der Waals surface area contributed by atoms with Crippen LogP contribution in [0.25, 0.3) is 0 Å². The molecule has 21 heavy (non-hydrogen) atoms. The van der Waals surface area contributed by atoms with Gasteiger partial charge in [-0.1, -0.05) is 55.5 Å². The highest BCUT2D eigenvalue weighted by Gasteiger charge is 2.11. The molecule has 0 aliphatic rings.